The van der Waals surface area contributed by atoms with Crippen molar-refractivity contribution in [3.05, 3.63) is 0 Å². The molecule has 0 bridgehead atoms. The van der Waals surface area contributed by atoms with Crippen molar-refractivity contribution in [2.75, 3.05) is 18.9 Å². The Balaban J connectivity index is 3.88. The summed E-state index contributed by atoms with van der Waals surface area (Å²) in [5.74, 6) is 0.889. The molecule has 0 aliphatic heterocycles. The highest BCUT2D eigenvalue weighted by Gasteiger charge is 2.18. The third kappa shape index (κ3) is 7.12. The lowest BCUT2D eigenvalue weighted by atomic mass is 10.2. The number of hydrogen-bond donors (Lipinski definition) is 1. The fourth-order valence-corrected chi connectivity index (χ4v) is 2.31. The first kappa shape index (κ1) is 15.8. The van der Waals surface area contributed by atoms with Gasteiger partial charge < -0.3 is 10.1 Å². The van der Waals surface area contributed by atoms with Gasteiger partial charge >= 0.3 is 5.97 Å². The van der Waals surface area contributed by atoms with Gasteiger partial charge in [0, 0.05) is 5.25 Å². The van der Waals surface area contributed by atoms with Crippen LogP contribution in [0.4, 0.5) is 0 Å². The van der Waals surface area contributed by atoms with Crippen molar-refractivity contribution in [1.82, 2.24) is 5.32 Å². The van der Waals surface area contributed by atoms with Crippen molar-refractivity contribution in [1.29, 1.82) is 0 Å². The van der Waals surface area contributed by atoms with E-state index < -0.39 is 0 Å². The summed E-state index contributed by atoms with van der Waals surface area (Å²) >= 11 is 1.92. The van der Waals surface area contributed by atoms with E-state index in [1.165, 1.54) is 6.42 Å². The second-order valence-electron chi connectivity index (χ2n) is 3.74. The highest BCUT2D eigenvalue weighted by atomic mass is 32.2. The van der Waals surface area contributed by atoms with Crippen LogP contribution in [0.1, 0.15) is 40.5 Å². The lowest BCUT2D eigenvalue weighted by Gasteiger charge is -2.16. The van der Waals surface area contributed by atoms with Crippen LogP contribution in [0.5, 0.6) is 0 Å². The Morgan fingerprint density at radius 1 is 1.38 bits per heavy atom. The van der Waals surface area contributed by atoms with Crippen molar-refractivity contribution in [3.8, 4) is 0 Å². The number of rotatable bonds is 9. The maximum atomic E-state index is 11.6. The Bertz CT molecular complexity index is 188. The quantitative estimate of drug-likeness (QED) is 0.635. The van der Waals surface area contributed by atoms with E-state index in [0.717, 1.165) is 18.7 Å². The summed E-state index contributed by atoms with van der Waals surface area (Å²) in [6, 6.07) is -0.137. The summed E-state index contributed by atoms with van der Waals surface area (Å²) in [4.78, 5) is 11.6. The average molecular weight is 247 g/mol. The molecule has 0 amide bonds. The van der Waals surface area contributed by atoms with Gasteiger partial charge in [0.15, 0.2) is 0 Å². The number of thioether (sulfide) groups is 1. The monoisotopic (exact) mass is 247 g/mol. The predicted octanol–water partition coefficient (Wildman–Crippen LogP) is 2.45. The maximum Gasteiger partial charge on any atom is 0.323 e. The molecule has 96 valence electrons. The summed E-state index contributed by atoms with van der Waals surface area (Å²) in [7, 11) is 0. The second-order valence-corrected chi connectivity index (χ2v) is 5.29. The molecule has 0 aliphatic rings. The van der Waals surface area contributed by atoms with Crippen LogP contribution in [-0.4, -0.2) is 36.2 Å². The highest BCUT2D eigenvalue weighted by molar-refractivity contribution is 7.99. The first-order valence-electron chi connectivity index (χ1n) is 6.17. The average Bonchev–Trinajstić information content (AvgIpc) is 2.28. The molecule has 0 heterocycles. The van der Waals surface area contributed by atoms with Crippen molar-refractivity contribution in [2.45, 2.75) is 51.8 Å². The molecule has 0 rings (SSSR count). The van der Waals surface area contributed by atoms with Gasteiger partial charge in [0.1, 0.15) is 6.04 Å². The number of carbonyl (C=O) groups excluding carboxylic acids is 1. The van der Waals surface area contributed by atoms with Crippen molar-refractivity contribution in [3.63, 3.8) is 0 Å². The smallest absolute Gasteiger partial charge is 0.323 e. The van der Waals surface area contributed by atoms with Crippen molar-refractivity contribution >= 4 is 17.7 Å². The van der Waals surface area contributed by atoms with Crippen LogP contribution in [0, 0.1) is 0 Å². The molecule has 0 saturated heterocycles. The molecular weight excluding hydrogens is 222 g/mol. The number of hydrogen-bond acceptors (Lipinski definition) is 4. The van der Waals surface area contributed by atoms with Crippen LogP contribution >= 0.6 is 11.8 Å². The Morgan fingerprint density at radius 3 is 2.56 bits per heavy atom. The fourth-order valence-electron chi connectivity index (χ4n) is 1.30. The van der Waals surface area contributed by atoms with Crippen LogP contribution < -0.4 is 5.32 Å². The summed E-state index contributed by atoms with van der Waals surface area (Å²) in [6.07, 6.45) is 2.03. The van der Waals surface area contributed by atoms with Gasteiger partial charge in [0.05, 0.1) is 6.61 Å². The van der Waals surface area contributed by atoms with E-state index in [1.54, 1.807) is 0 Å². The van der Waals surface area contributed by atoms with E-state index in [-0.39, 0.29) is 12.0 Å². The van der Waals surface area contributed by atoms with Crippen LogP contribution in [0.25, 0.3) is 0 Å². The molecule has 0 saturated carbocycles. The van der Waals surface area contributed by atoms with E-state index in [2.05, 4.69) is 19.2 Å². The van der Waals surface area contributed by atoms with Gasteiger partial charge in [-0.2, -0.15) is 11.8 Å². The Hall–Kier alpha value is -0.220. The summed E-state index contributed by atoms with van der Waals surface area (Å²) in [6.45, 7) is 9.52. The van der Waals surface area contributed by atoms with Crippen molar-refractivity contribution in [2.24, 2.45) is 0 Å². The molecule has 0 aromatic carbocycles. The predicted molar refractivity (Wildman–Crippen MR) is 70.9 cm³/mol. The molecule has 0 aliphatic carbocycles. The molecule has 1 N–H and O–H groups in total. The summed E-state index contributed by atoms with van der Waals surface area (Å²) < 4.78 is 5.03. The molecule has 2 unspecified atom stereocenters. The molecule has 0 spiro atoms. The van der Waals surface area contributed by atoms with Gasteiger partial charge in [0.2, 0.25) is 0 Å². The maximum absolute atomic E-state index is 11.6. The van der Waals surface area contributed by atoms with Crippen molar-refractivity contribution < 1.29 is 9.53 Å². The molecule has 0 radical (unpaired) electrons. The molecule has 4 heteroatoms. The lowest BCUT2D eigenvalue weighted by Crippen LogP contribution is -2.38. The number of likely N-dealkylation sites (N-methyl/N-ethyl adjacent to an activating group) is 1. The van der Waals surface area contributed by atoms with Crippen LogP contribution in [0.15, 0.2) is 0 Å². The van der Waals surface area contributed by atoms with E-state index in [9.17, 15) is 4.79 Å². The van der Waals surface area contributed by atoms with E-state index >= 15 is 0 Å². The fraction of sp³-hybridized carbons (Fsp3) is 0.917. The molecule has 3 nitrogen and oxygen atoms in total. The molecule has 16 heavy (non-hydrogen) atoms. The Kier molecular flexibility index (Phi) is 9.83. The minimum Gasteiger partial charge on any atom is -0.465 e. The number of esters is 1. The normalized spacial score (nSPS) is 14.5. The SMILES string of the molecule is CCNC(CCSC(C)CC)C(=O)OCC. The molecule has 0 fully saturated rings. The van der Waals surface area contributed by atoms with E-state index in [1.807, 2.05) is 25.6 Å². The molecule has 2 atom stereocenters. The standard InChI is InChI=1S/C12H25NO2S/c1-5-10(4)16-9-8-11(13-6-2)12(14)15-7-3/h10-11,13H,5-9H2,1-4H3. The zero-order chi connectivity index (χ0) is 12.4. The lowest BCUT2D eigenvalue weighted by molar-refractivity contribution is -0.145. The van der Waals surface area contributed by atoms with Gasteiger partial charge in [-0.15, -0.1) is 0 Å². The van der Waals surface area contributed by atoms with Crippen LogP contribution in [0.2, 0.25) is 0 Å². The Morgan fingerprint density at radius 2 is 2.06 bits per heavy atom. The Labute approximate surface area is 104 Å². The number of ether oxygens (including phenoxy) is 1. The topological polar surface area (TPSA) is 38.3 Å². The molecule has 0 aromatic heterocycles. The number of carbonyl (C=O) groups is 1. The second kappa shape index (κ2) is 9.97. The molecule has 0 aromatic rings. The third-order valence-electron chi connectivity index (χ3n) is 2.41. The zero-order valence-corrected chi connectivity index (χ0v) is 11.7. The first-order chi connectivity index (χ1) is 7.65. The van der Waals surface area contributed by atoms with Crippen LogP contribution in [-0.2, 0) is 9.53 Å². The van der Waals surface area contributed by atoms with E-state index in [4.69, 9.17) is 4.74 Å². The molecular formula is C12H25NO2S. The summed E-state index contributed by atoms with van der Waals surface area (Å²) in [5.41, 5.74) is 0. The summed E-state index contributed by atoms with van der Waals surface area (Å²) in [5, 5.41) is 3.84. The minimum atomic E-state index is -0.137. The number of nitrogens with one attached hydrogen (secondary N) is 1. The van der Waals surface area contributed by atoms with Gasteiger partial charge in [-0.25, -0.2) is 0 Å². The third-order valence-corrected chi connectivity index (χ3v) is 3.78. The van der Waals surface area contributed by atoms with Crippen LogP contribution in [0.3, 0.4) is 0 Å². The van der Waals surface area contributed by atoms with E-state index in [0.29, 0.717) is 11.9 Å². The highest BCUT2D eigenvalue weighted by Crippen LogP contribution is 2.15. The van der Waals surface area contributed by atoms with Gasteiger partial charge in [-0.05, 0) is 32.1 Å². The van der Waals surface area contributed by atoms with Gasteiger partial charge in [0.25, 0.3) is 0 Å². The van der Waals surface area contributed by atoms with Gasteiger partial charge in [-0.3, -0.25) is 4.79 Å². The first-order valence-corrected chi connectivity index (χ1v) is 7.22. The largest absolute Gasteiger partial charge is 0.465 e. The zero-order valence-electron chi connectivity index (χ0n) is 10.9. The minimum absolute atomic E-state index is 0.117. The van der Waals surface area contributed by atoms with Gasteiger partial charge in [-0.1, -0.05) is 20.8 Å².